The monoisotopic (exact) mass is 350 g/mol. The minimum absolute atomic E-state index is 0.599. The van der Waals surface area contributed by atoms with Gasteiger partial charge < -0.3 is 4.74 Å². The van der Waals surface area contributed by atoms with Crippen molar-refractivity contribution < 1.29 is 4.74 Å². The molecule has 0 unspecified atom stereocenters. The average molecular weight is 350 g/mol. The Morgan fingerprint density at radius 3 is 2.16 bits per heavy atom. The van der Waals surface area contributed by atoms with E-state index in [2.05, 4.69) is 55.0 Å². The van der Waals surface area contributed by atoms with Crippen molar-refractivity contribution in [2.75, 3.05) is 0 Å². The SMILES string of the molecule is CCc1cc(Oc2ccc(C)cc2)nc(SCc2ccc(C)cc2)n1. The largest absolute Gasteiger partial charge is 0.439 e. The molecule has 3 rings (SSSR count). The molecule has 1 heterocycles. The molecule has 0 aliphatic rings. The van der Waals surface area contributed by atoms with E-state index in [-0.39, 0.29) is 0 Å². The van der Waals surface area contributed by atoms with Crippen molar-refractivity contribution in [1.29, 1.82) is 0 Å². The highest BCUT2D eigenvalue weighted by Crippen LogP contribution is 2.25. The lowest BCUT2D eigenvalue weighted by Crippen LogP contribution is -1.97. The summed E-state index contributed by atoms with van der Waals surface area (Å²) in [4.78, 5) is 9.17. The molecule has 0 radical (unpaired) electrons. The van der Waals surface area contributed by atoms with Crippen LogP contribution in [-0.2, 0) is 12.2 Å². The van der Waals surface area contributed by atoms with Gasteiger partial charge >= 0.3 is 0 Å². The topological polar surface area (TPSA) is 35.0 Å². The second kappa shape index (κ2) is 8.17. The molecule has 0 N–H and O–H groups in total. The molecule has 0 saturated carbocycles. The quantitative estimate of drug-likeness (QED) is 0.419. The predicted molar refractivity (Wildman–Crippen MR) is 103 cm³/mol. The summed E-state index contributed by atoms with van der Waals surface area (Å²) in [5.74, 6) is 2.24. The maximum absolute atomic E-state index is 5.92. The molecule has 1 aromatic heterocycles. The van der Waals surface area contributed by atoms with Crippen LogP contribution < -0.4 is 4.74 Å². The lowest BCUT2D eigenvalue weighted by molar-refractivity contribution is 0.454. The Bertz CT molecular complexity index is 830. The summed E-state index contributed by atoms with van der Waals surface area (Å²) < 4.78 is 5.92. The molecule has 3 aromatic rings. The van der Waals surface area contributed by atoms with E-state index in [1.165, 1.54) is 16.7 Å². The van der Waals surface area contributed by atoms with E-state index in [0.29, 0.717) is 5.88 Å². The van der Waals surface area contributed by atoms with Gasteiger partial charge in [0, 0.05) is 17.5 Å². The fraction of sp³-hybridized carbons (Fsp3) is 0.238. The number of thioether (sulfide) groups is 1. The van der Waals surface area contributed by atoms with Gasteiger partial charge in [-0.15, -0.1) is 0 Å². The van der Waals surface area contributed by atoms with Crippen LogP contribution >= 0.6 is 11.8 Å². The van der Waals surface area contributed by atoms with E-state index in [1.54, 1.807) is 11.8 Å². The van der Waals surface area contributed by atoms with Gasteiger partial charge in [-0.1, -0.05) is 66.2 Å². The molecule has 0 aliphatic heterocycles. The van der Waals surface area contributed by atoms with Crippen LogP contribution in [0.25, 0.3) is 0 Å². The summed E-state index contributed by atoms with van der Waals surface area (Å²) in [5.41, 5.74) is 4.73. The zero-order valence-electron chi connectivity index (χ0n) is 14.8. The van der Waals surface area contributed by atoms with Crippen LogP contribution in [0.4, 0.5) is 0 Å². The molecule has 0 atom stereocenters. The first-order valence-corrected chi connectivity index (χ1v) is 9.42. The van der Waals surface area contributed by atoms with E-state index in [0.717, 1.165) is 28.8 Å². The van der Waals surface area contributed by atoms with Gasteiger partial charge in [0.2, 0.25) is 5.88 Å². The number of rotatable bonds is 6. The van der Waals surface area contributed by atoms with Gasteiger partial charge in [-0.3, -0.25) is 0 Å². The molecule has 0 spiro atoms. The van der Waals surface area contributed by atoms with Crippen LogP contribution in [0, 0.1) is 13.8 Å². The Morgan fingerprint density at radius 1 is 0.880 bits per heavy atom. The maximum Gasteiger partial charge on any atom is 0.223 e. The van der Waals surface area contributed by atoms with Crippen molar-refractivity contribution in [3.05, 3.63) is 77.0 Å². The summed E-state index contributed by atoms with van der Waals surface area (Å²) in [5, 5.41) is 0.752. The zero-order chi connectivity index (χ0) is 17.6. The third-order valence-electron chi connectivity index (χ3n) is 3.83. The molecule has 2 aromatic carbocycles. The van der Waals surface area contributed by atoms with Crippen LogP contribution in [-0.4, -0.2) is 9.97 Å². The minimum atomic E-state index is 0.599. The molecule has 3 nitrogen and oxygen atoms in total. The number of aryl methyl sites for hydroxylation is 3. The lowest BCUT2D eigenvalue weighted by Gasteiger charge is -2.09. The molecule has 128 valence electrons. The fourth-order valence-electron chi connectivity index (χ4n) is 2.31. The number of nitrogens with zero attached hydrogens (tertiary/aromatic N) is 2. The number of aromatic nitrogens is 2. The van der Waals surface area contributed by atoms with Crippen LogP contribution in [0.1, 0.15) is 29.3 Å². The third kappa shape index (κ3) is 5.07. The number of ether oxygens (including phenoxy) is 1. The summed E-state index contributed by atoms with van der Waals surface area (Å²) in [6.07, 6.45) is 0.852. The highest BCUT2D eigenvalue weighted by atomic mass is 32.2. The van der Waals surface area contributed by atoms with Gasteiger partial charge in [-0.05, 0) is 38.0 Å². The normalized spacial score (nSPS) is 10.7. The molecule has 0 amide bonds. The summed E-state index contributed by atoms with van der Waals surface area (Å²) in [7, 11) is 0. The van der Waals surface area contributed by atoms with Crippen LogP contribution in [0.5, 0.6) is 11.6 Å². The van der Waals surface area contributed by atoms with Crippen LogP contribution in [0.3, 0.4) is 0 Å². The molecule has 0 bridgehead atoms. The van der Waals surface area contributed by atoms with Gasteiger partial charge in [0.25, 0.3) is 0 Å². The molecular formula is C21H22N2OS. The van der Waals surface area contributed by atoms with Crippen molar-refractivity contribution in [2.45, 2.75) is 38.1 Å². The second-order valence-electron chi connectivity index (χ2n) is 6.02. The molecular weight excluding hydrogens is 328 g/mol. The van der Waals surface area contributed by atoms with E-state index < -0.39 is 0 Å². The first-order valence-electron chi connectivity index (χ1n) is 8.43. The van der Waals surface area contributed by atoms with Gasteiger partial charge in [-0.2, -0.15) is 4.98 Å². The van der Waals surface area contributed by atoms with Crippen molar-refractivity contribution in [3.63, 3.8) is 0 Å². The Labute approximate surface area is 153 Å². The van der Waals surface area contributed by atoms with Gasteiger partial charge in [0.05, 0.1) is 0 Å². The number of hydrogen-bond acceptors (Lipinski definition) is 4. The molecule has 0 saturated heterocycles. The predicted octanol–water partition coefficient (Wildman–Crippen LogP) is 5.74. The van der Waals surface area contributed by atoms with E-state index in [4.69, 9.17) is 4.74 Å². The molecule has 0 fully saturated rings. The van der Waals surface area contributed by atoms with Crippen LogP contribution in [0.15, 0.2) is 59.8 Å². The Balaban J connectivity index is 1.74. The van der Waals surface area contributed by atoms with Crippen molar-refractivity contribution >= 4 is 11.8 Å². The van der Waals surface area contributed by atoms with Crippen molar-refractivity contribution in [3.8, 4) is 11.6 Å². The maximum atomic E-state index is 5.92. The van der Waals surface area contributed by atoms with Gasteiger partial charge in [0.1, 0.15) is 5.75 Å². The molecule has 4 heteroatoms. The standard InChI is InChI=1S/C21H22N2OS/c1-4-18-13-20(24-19-11-7-16(3)8-12-19)23-21(22-18)25-14-17-9-5-15(2)6-10-17/h5-13H,4,14H2,1-3H3. The summed E-state index contributed by atoms with van der Waals surface area (Å²) >= 11 is 1.63. The molecule has 0 aliphatic carbocycles. The first-order chi connectivity index (χ1) is 12.1. The average Bonchev–Trinajstić information content (AvgIpc) is 2.63. The number of benzene rings is 2. The van der Waals surface area contributed by atoms with Crippen molar-refractivity contribution in [1.82, 2.24) is 9.97 Å². The zero-order valence-corrected chi connectivity index (χ0v) is 15.6. The minimum Gasteiger partial charge on any atom is -0.439 e. The lowest BCUT2D eigenvalue weighted by atomic mass is 10.2. The fourth-order valence-corrected chi connectivity index (χ4v) is 3.13. The van der Waals surface area contributed by atoms with E-state index in [1.807, 2.05) is 30.3 Å². The summed E-state index contributed by atoms with van der Waals surface area (Å²) in [6, 6.07) is 18.5. The van der Waals surface area contributed by atoms with Gasteiger partial charge in [0.15, 0.2) is 5.16 Å². The Morgan fingerprint density at radius 2 is 1.52 bits per heavy atom. The van der Waals surface area contributed by atoms with Crippen LogP contribution in [0.2, 0.25) is 0 Å². The van der Waals surface area contributed by atoms with Gasteiger partial charge in [-0.25, -0.2) is 4.98 Å². The third-order valence-corrected chi connectivity index (χ3v) is 4.75. The second-order valence-corrected chi connectivity index (χ2v) is 6.97. The first kappa shape index (κ1) is 17.5. The molecule has 25 heavy (non-hydrogen) atoms. The number of hydrogen-bond donors (Lipinski definition) is 0. The van der Waals surface area contributed by atoms with E-state index >= 15 is 0 Å². The Hall–Kier alpha value is -2.33. The highest BCUT2D eigenvalue weighted by molar-refractivity contribution is 7.98. The summed E-state index contributed by atoms with van der Waals surface area (Å²) in [6.45, 7) is 6.25. The van der Waals surface area contributed by atoms with Crippen molar-refractivity contribution in [2.24, 2.45) is 0 Å². The highest BCUT2D eigenvalue weighted by Gasteiger charge is 2.07. The smallest absolute Gasteiger partial charge is 0.223 e. The Kier molecular flexibility index (Phi) is 5.71. The van der Waals surface area contributed by atoms with E-state index in [9.17, 15) is 0 Å².